The summed E-state index contributed by atoms with van der Waals surface area (Å²) >= 11 is 3.45. The van der Waals surface area contributed by atoms with Gasteiger partial charge < -0.3 is 9.47 Å². The van der Waals surface area contributed by atoms with E-state index in [1.807, 2.05) is 25.1 Å². The van der Waals surface area contributed by atoms with Crippen LogP contribution in [0.15, 0.2) is 51.8 Å². The molecule has 7 heteroatoms. The molecule has 25 heavy (non-hydrogen) atoms. The maximum atomic E-state index is 12.8. The number of hydrogen-bond donors (Lipinski definition) is 0. The van der Waals surface area contributed by atoms with Crippen molar-refractivity contribution < 1.29 is 17.9 Å². The van der Waals surface area contributed by atoms with Gasteiger partial charge in [-0.1, -0.05) is 23.8 Å². The molecule has 0 bridgehead atoms. The number of rotatable bonds is 8. The fraction of sp³-hybridized carbons (Fsp3) is 0.333. The number of aryl methyl sites for hydroxylation is 1. The molecule has 2 aromatic rings. The third-order valence-electron chi connectivity index (χ3n) is 3.80. The Balaban J connectivity index is 2.17. The molecule has 0 radical (unpaired) electrons. The minimum Gasteiger partial charge on any atom is -0.496 e. The molecule has 0 saturated carbocycles. The largest absolute Gasteiger partial charge is 0.496 e. The summed E-state index contributed by atoms with van der Waals surface area (Å²) in [7, 11) is -0.508. The van der Waals surface area contributed by atoms with Crippen molar-refractivity contribution in [3.63, 3.8) is 0 Å². The number of nitrogens with zero attached hydrogens (tertiary/aromatic N) is 1. The van der Waals surface area contributed by atoms with Gasteiger partial charge in [-0.15, -0.1) is 0 Å². The summed E-state index contributed by atoms with van der Waals surface area (Å²) in [4.78, 5) is 0.270. The summed E-state index contributed by atoms with van der Waals surface area (Å²) in [6.07, 6.45) is 0.567. The molecule has 0 aliphatic heterocycles. The number of halogens is 1. The zero-order valence-electron chi connectivity index (χ0n) is 14.5. The van der Waals surface area contributed by atoms with Gasteiger partial charge in [0.15, 0.2) is 0 Å². The Morgan fingerprint density at radius 3 is 2.32 bits per heavy atom. The Morgan fingerprint density at radius 2 is 1.76 bits per heavy atom. The molecule has 0 atom stereocenters. The Labute approximate surface area is 157 Å². The molecule has 0 unspecified atom stereocenters. The number of hydrogen-bond acceptors (Lipinski definition) is 4. The highest BCUT2D eigenvalue weighted by Crippen LogP contribution is 2.26. The van der Waals surface area contributed by atoms with E-state index in [9.17, 15) is 8.42 Å². The van der Waals surface area contributed by atoms with Crippen molar-refractivity contribution in [2.24, 2.45) is 0 Å². The first-order chi connectivity index (χ1) is 11.9. The minimum atomic E-state index is -3.60. The van der Waals surface area contributed by atoms with Gasteiger partial charge in [0.25, 0.3) is 0 Å². The van der Waals surface area contributed by atoms with E-state index in [2.05, 4.69) is 15.9 Å². The predicted molar refractivity (Wildman–Crippen MR) is 101 cm³/mol. The van der Waals surface area contributed by atoms with Gasteiger partial charge in [-0.05, 0) is 59.1 Å². The van der Waals surface area contributed by atoms with Gasteiger partial charge in [-0.3, -0.25) is 0 Å². The van der Waals surface area contributed by atoms with E-state index < -0.39 is 10.0 Å². The summed E-state index contributed by atoms with van der Waals surface area (Å²) in [6, 6.07) is 12.5. The molecule has 2 rings (SSSR count). The minimum absolute atomic E-state index is 0.00747. The normalized spacial score (nSPS) is 11.7. The Bertz CT molecular complexity index is 806. The van der Waals surface area contributed by atoms with Gasteiger partial charge in [0.1, 0.15) is 12.5 Å². The lowest BCUT2D eigenvalue weighted by Gasteiger charge is -2.21. The second kappa shape index (κ2) is 8.80. The molecule has 0 fully saturated rings. The Morgan fingerprint density at radius 1 is 1.08 bits per heavy atom. The maximum absolute atomic E-state index is 12.8. The Hall–Kier alpha value is -1.41. The van der Waals surface area contributed by atoms with Crippen LogP contribution in [0.3, 0.4) is 0 Å². The molecule has 5 nitrogen and oxygen atoms in total. The van der Waals surface area contributed by atoms with E-state index >= 15 is 0 Å². The molecule has 0 aliphatic rings. The molecule has 2 aromatic carbocycles. The molecule has 136 valence electrons. The number of benzene rings is 2. The highest BCUT2D eigenvalue weighted by Gasteiger charge is 2.24. The van der Waals surface area contributed by atoms with Crippen molar-refractivity contribution in [2.75, 3.05) is 27.5 Å². The lowest BCUT2D eigenvalue weighted by atomic mass is 10.1. The fourth-order valence-electron chi connectivity index (χ4n) is 2.38. The highest BCUT2D eigenvalue weighted by atomic mass is 79.9. The van der Waals surface area contributed by atoms with E-state index in [1.165, 1.54) is 11.4 Å². The van der Waals surface area contributed by atoms with Crippen molar-refractivity contribution in [1.29, 1.82) is 0 Å². The summed E-state index contributed by atoms with van der Waals surface area (Å²) in [6.45, 7) is 2.25. The highest BCUT2D eigenvalue weighted by molar-refractivity contribution is 9.10. The third kappa shape index (κ3) is 5.04. The van der Waals surface area contributed by atoms with Crippen LogP contribution in [0.5, 0.6) is 5.75 Å². The lowest BCUT2D eigenvalue weighted by Crippen LogP contribution is -2.34. The van der Waals surface area contributed by atoms with Crippen molar-refractivity contribution in [2.45, 2.75) is 18.2 Å². The van der Waals surface area contributed by atoms with E-state index in [0.29, 0.717) is 13.0 Å². The van der Waals surface area contributed by atoms with Crippen LogP contribution in [0, 0.1) is 6.92 Å². The first kappa shape index (κ1) is 19.9. The average molecular weight is 428 g/mol. The van der Waals surface area contributed by atoms with E-state index in [0.717, 1.165) is 21.3 Å². The summed E-state index contributed by atoms with van der Waals surface area (Å²) < 4.78 is 38.2. The molecule has 0 amide bonds. The van der Waals surface area contributed by atoms with Gasteiger partial charge in [-0.25, -0.2) is 8.42 Å². The summed E-state index contributed by atoms with van der Waals surface area (Å²) in [5.74, 6) is 0.741. The van der Waals surface area contributed by atoms with Gasteiger partial charge in [0.05, 0.1) is 16.5 Å². The zero-order valence-corrected chi connectivity index (χ0v) is 16.9. The number of methoxy groups -OCH3 is 2. The molecule has 0 spiro atoms. The van der Waals surface area contributed by atoms with Gasteiger partial charge >= 0.3 is 0 Å². The Kier molecular flexibility index (Phi) is 7.01. The van der Waals surface area contributed by atoms with Crippen molar-refractivity contribution in [3.05, 3.63) is 58.1 Å². The molecule has 0 aliphatic carbocycles. The average Bonchev–Trinajstić information content (AvgIpc) is 2.59. The first-order valence-electron chi connectivity index (χ1n) is 7.76. The SMILES string of the molecule is COCN(CCc1ccc(OC)c(Br)c1)S(=O)(=O)c1ccc(C)cc1. The van der Waals surface area contributed by atoms with Crippen molar-refractivity contribution in [1.82, 2.24) is 4.31 Å². The number of ether oxygens (including phenoxy) is 2. The van der Waals surface area contributed by atoms with Gasteiger partial charge in [0, 0.05) is 13.7 Å². The third-order valence-corrected chi connectivity index (χ3v) is 6.25. The van der Waals surface area contributed by atoms with Crippen LogP contribution in [-0.4, -0.2) is 40.2 Å². The molecule has 0 saturated heterocycles. The number of sulfonamides is 1. The van der Waals surface area contributed by atoms with Crippen molar-refractivity contribution >= 4 is 26.0 Å². The lowest BCUT2D eigenvalue weighted by molar-refractivity contribution is 0.118. The van der Waals surface area contributed by atoms with Crippen LogP contribution in [0.1, 0.15) is 11.1 Å². The fourth-order valence-corrected chi connectivity index (χ4v) is 4.32. The quantitative estimate of drug-likeness (QED) is 0.603. The van der Waals surface area contributed by atoms with E-state index in [-0.39, 0.29) is 11.6 Å². The predicted octanol–water partition coefficient (Wildman–Crippen LogP) is 3.60. The topological polar surface area (TPSA) is 55.8 Å². The standard InChI is InChI=1S/C18H22BrNO4S/c1-14-4-7-16(8-5-14)25(21,22)20(13-23-2)11-10-15-6-9-18(24-3)17(19)12-15/h4-9,12H,10-11,13H2,1-3H3. The van der Waals surface area contributed by atoms with Crippen LogP contribution in [0.4, 0.5) is 0 Å². The molecular formula is C18H22BrNO4S. The molecule has 0 N–H and O–H groups in total. The van der Waals surface area contributed by atoms with Gasteiger partial charge in [0.2, 0.25) is 10.0 Å². The van der Waals surface area contributed by atoms with Crippen LogP contribution in [-0.2, 0) is 21.2 Å². The summed E-state index contributed by atoms with van der Waals surface area (Å²) in [5, 5.41) is 0. The van der Waals surface area contributed by atoms with Crippen LogP contribution in [0.2, 0.25) is 0 Å². The second-order valence-electron chi connectivity index (χ2n) is 5.63. The van der Waals surface area contributed by atoms with E-state index in [1.54, 1.807) is 31.4 Å². The zero-order chi connectivity index (χ0) is 18.4. The molecule has 0 heterocycles. The molecular weight excluding hydrogens is 406 g/mol. The monoisotopic (exact) mass is 427 g/mol. The van der Waals surface area contributed by atoms with Crippen LogP contribution in [0.25, 0.3) is 0 Å². The van der Waals surface area contributed by atoms with Crippen LogP contribution >= 0.6 is 15.9 Å². The smallest absolute Gasteiger partial charge is 0.245 e. The van der Waals surface area contributed by atoms with Crippen molar-refractivity contribution in [3.8, 4) is 5.75 Å². The maximum Gasteiger partial charge on any atom is 0.245 e. The van der Waals surface area contributed by atoms with E-state index in [4.69, 9.17) is 9.47 Å². The molecule has 0 aromatic heterocycles. The summed E-state index contributed by atoms with van der Waals surface area (Å²) in [5.41, 5.74) is 2.02. The van der Waals surface area contributed by atoms with Crippen LogP contribution < -0.4 is 4.74 Å². The first-order valence-corrected chi connectivity index (χ1v) is 10.00. The van der Waals surface area contributed by atoms with Gasteiger partial charge in [-0.2, -0.15) is 4.31 Å². The second-order valence-corrected chi connectivity index (χ2v) is 8.42.